The maximum absolute atomic E-state index is 13.8. The molecule has 0 bridgehead atoms. The van der Waals surface area contributed by atoms with Crippen molar-refractivity contribution < 1.29 is 13.9 Å². The molecular weight excluding hydrogens is 259 g/mol. The van der Waals surface area contributed by atoms with Gasteiger partial charge in [0.15, 0.2) is 0 Å². The molecule has 0 saturated carbocycles. The zero-order valence-corrected chi connectivity index (χ0v) is 11.7. The predicted molar refractivity (Wildman–Crippen MR) is 75.8 cm³/mol. The van der Waals surface area contributed by atoms with Crippen LogP contribution in [0.5, 0.6) is 0 Å². The van der Waals surface area contributed by atoms with Crippen LogP contribution in [0.15, 0.2) is 18.2 Å². The van der Waals surface area contributed by atoms with Crippen molar-refractivity contribution in [1.29, 1.82) is 0 Å². The average molecular weight is 278 g/mol. The number of carbonyl (C=O) groups excluding carboxylic acids is 1. The minimum atomic E-state index is -0.601. The van der Waals surface area contributed by atoms with E-state index in [9.17, 15) is 9.18 Å². The van der Waals surface area contributed by atoms with E-state index in [1.807, 2.05) is 13.8 Å². The maximum Gasteiger partial charge on any atom is 0.254 e. The molecule has 0 radical (unpaired) electrons. The molecule has 0 aliphatic heterocycles. The molecular formula is C15H19FN2O2. The number of amides is 1. The van der Waals surface area contributed by atoms with Gasteiger partial charge in [-0.3, -0.25) is 4.79 Å². The van der Waals surface area contributed by atoms with Gasteiger partial charge in [0, 0.05) is 12.1 Å². The normalized spacial score (nSPS) is 10.1. The van der Waals surface area contributed by atoms with Crippen LogP contribution in [-0.2, 0) is 4.74 Å². The molecule has 3 N–H and O–H groups in total. The summed E-state index contributed by atoms with van der Waals surface area (Å²) in [6.07, 6.45) is 0.101. The van der Waals surface area contributed by atoms with Crippen LogP contribution >= 0.6 is 0 Å². The summed E-state index contributed by atoms with van der Waals surface area (Å²) in [5.74, 6) is 4.27. The van der Waals surface area contributed by atoms with E-state index in [-0.39, 0.29) is 18.2 Å². The lowest BCUT2D eigenvalue weighted by atomic mass is 10.1. The molecule has 0 aromatic heterocycles. The minimum Gasteiger partial charge on any atom is -0.377 e. The fraction of sp³-hybridized carbons (Fsp3) is 0.400. The van der Waals surface area contributed by atoms with Crippen LogP contribution in [0.3, 0.4) is 0 Å². The van der Waals surface area contributed by atoms with Crippen LogP contribution in [0.4, 0.5) is 4.39 Å². The number of nitrogens with two attached hydrogens (primary N) is 1. The molecule has 1 rings (SSSR count). The molecule has 1 aromatic carbocycles. The quantitative estimate of drug-likeness (QED) is 0.630. The molecule has 0 spiro atoms. The van der Waals surface area contributed by atoms with Gasteiger partial charge in [0.1, 0.15) is 5.82 Å². The summed E-state index contributed by atoms with van der Waals surface area (Å²) in [4.78, 5) is 11.8. The first-order valence-corrected chi connectivity index (χ1v) is 6.43. The second kappa shape index (κ2) is 8.31. The third kappa shape index (κ3) is 5.39. The lowest BCUT2D eigenvalue weighted by Crippen LogP contribution is -2.28. The Morgan fingerprint density at radius 2 is 2.25 bits per heavy atom. The van der Waals surface area contributed by atoms with Gasteiger partial charge in [-0.2, -0.15) is 0 Å². The predicted octanol–water partition coefficient (Wildman–Crippen LogP) is 1.29. The lowest BCUT2D eigenvalue weighted by molar-refractivity contribution is 0.0745. The van der Waals surface area contributed by atoms with Gasteiger partial charge >= 0.3 is 0 Å². The fourth-order valence-corrected chi connectivity index (χ4v) is 1.48. The Hall–Kier alpha value is -1.90. The van der Waals surface area contributed by atoms with E-state index >= 15 is 0 Å². The fourth-order valence-electron chi connectivity index (χ4n) is 1.48. The topological polar surface area (TPSA) is 64.3 Å². The van der Waals surface area contributed by atoms with E-state index < -0.39 is 11.7 Å². The highest BCUT2D eigenvalue weighted by Crippen LogP contribution is 2.09. The number of halogens is 1. The molecule has 0 unspecified atom stereocenters. The summed E-state index contributed by atoms with van der Waals surface area (Å²) in [5.41, 5.74) is 5.72. The number of carbonyl (C=O) groups is 1. The highest BCUT2D eigenvalue weighted by atomic mass is 19.1. The molecule has 0 fully saturated rings. The number of nitrogens with one attached hydrogen (secondary N) is 1. The summed E-state index contributed by atoms with van der Waals surface area (Å²) >= 11 is 0. The number of rotatable bonds is 5. The van der Waals surface area contributed by atoms with Crippen LogP contribution in [-0.4, -0.2) is 31.7 Å². The van der Waals surface area contributed by atoms with Gasteiger partial charge in [0.2, 0.25) is 0 Å². The highest BCUT2D eigenvalue weighted by Gasteiger charge is 2.11. The summed E-state index contributed by atoms with van der Waals surface area (Å²) in [5, 5.41) is 2.60. The van der Waals surface area contributed by atoms with Gasteiger partial charge in [-0.1, -0.05) is 11.8 Å². The van der Waals surface area contributed by atoms with Crippen LogP contribution in [0, 0.1) is 17.7 Å². The average Bonchev–Trinajstić information content (AvgIpc) is 2.41. The second-order valence-corrected chi connectivity index (χ2v) is 4.38. The monoisotopic (exact) mass is 278 g/mol. The summed E-state index contributed by atoms with van der Waals surface area (Å²) < 4.78 is 19.1. The van der Waals surface area contributed by atoms with Gasteiger partial charge in [0.25, 0.3) is 5.91 Å². The molecule has 0 saturated heterocycles. The van der Waals surface area contributed by atoms with Gasteiger partial charge in [-0.25, -0.2) is 4.39 Å². The van der Waals surface area contributed by atoms with Crippen LogP contribution in [0.2, 0.25) is 0 Å². The first-order chi connectivity index (χ1) is 9.54. The van der Waals surface area contributed by atoms with Crippen molar-refractivity contribution in [2.45, 2.75) is 20.0 Å². The van der Waals surface area contributed by atoms with E-state index in [4.69, 9.17) is 10.5 Å². The second-order valence-electron chi connectivity index (χ2n) is 4.38. The van der Waals surface area contributed by atoms with Crippen LogP contribution in [0.25, 0.3) is 0 Å². The number of benzene rings is 1. The summed E-state index contributed by atoms with van der Waals surface area (Å²) in [6, 6.07) is 4.22. The van der Waals surface area contributed by atoms with Crippen molar-refractivity contribution in [2.24, 2.45) is 5.73 Å². The van der Waals surface area contributed by atoms with Crippen molar-refractivity contribution >= 4 is 5.91 Å². The molecule has 108 valence electrons. The SMILES string of the molecule is CC(C)OCCNC(=O)c1ccc(C#CCN)cc1F. The Morgan fingerprint density at radius 1 is 1.50 bits per heavy atom. The summed E-state index contributed by atoms with van der Waals surface area (Å²) in [7, 11) is 0. The Bertz CT molecular complexity index is 518. The van der Waals surface area contributed by atoms with Crippen molar-refractivity contribution in [1.82, 2.24) is 5.32 Å². The largest absolute Gasteiger partial charge is 0.377 e. The molecule has 0 heterocycles. The smallest absolute Gasteiger partial charge is 0.254 e. The maximum atomic E-state index is 13.8. The van der Waals surface area contributed by atoms with E-state index in [1.54, 1.807) is 6.07 Å². The van der Waals surface area contributed by atoms with Gasteiger partial charge in [-0.05, 0) is 32.0 Å². The third-order valence-electron chi connectivity index (χ3n) is 2.39. The first kappa shape index (κ1) is 16.2. The molecule has 0 aliphatic rings. The highest BCUT2D eigenvalue weighted by molar-refractivity contribution is 5.94. The van der Waals surface area contributed by atoms with Crippen molar-refractivity contribution in [3.05, 3.63) is 35.1 Å². The Labute approximate surface area is 118 Å². The van der Waals surface area contributed by atoms with Crippen LogP contribution in [0.1, 0.15) is 29.8 Å². The molecule has 4 nitrogen and oxygen atoms in total. The Kier molecular flexibility index (Phi) is 6.71. The van der Waals surface area contributed by atoms with Crippen molar-refractivity contribution in [3.8, 4) is 11.8 Å². The zero-order chi connectivity index (χ0) is 15.0. The van der Waals surface area contributed by atoms with Gasteiger partial charge in [0.05, 0.1) is 24.8 Å². The third-order valence-corrected chi connectivity index (χ3v) is 2.39. The number of ether oxygens (including phenoxy) is 1. The summed E-state index contributed by atoms with van der Waals surface area (Å²) in [6.45, 7) is 4.75. The molecule has 0 aliphatic carbocycles. The standard InChI is InChI=1S/C15H19FN2O2/c1-11(2)20-9-8-18-15(19)13-6-5-12(4-3-7-17)10-14(13)16/h5-6,10-11H,7-9,17H2,1-2H3,(H,18,19). The van der Waals surface area contributed by atoms with Crippen LogP contribution < -0.4 is 11.1 Å². The minimum absolute atomic E-state index is 0.00662. The molecule has 1 aromatic rings. The molecule has 5 heteroatoms. The van der Waals surface area contributed by atoms with E-state index in [0.29, 0.717) is 18.7 Å². The van der Waals surface area contributed by atoms with Gasteiger partial charge < -0.3 is 15.8 Å². The molecule has 20 heavy (non-hydrogen) atoms. The number of hydrogen-bond donors (Lipinski definition) is 2. The van der Waals surface area contributed by atoms with Crippen molar-refractivity contribution in [2.75, 3.05) is 19.7 Å². The van der Waals surface area contributed by atoms with E-state index in [2.05, 4.69) is 17.2 Å². The Balaban J connectivity index is 2.60. The van der Waals surface area contributed by atoms with Gasteiger partial charge in [-0.15, -0.1) is 0 Å². The van der Waals surface area contributed by atoms with E-state index in [0.717, 1.165) is 0 Å². The first-order valence-electron chi connectivity index (χ1n) is 6.43. The number of hydrogen-bond acceptors (Lipinski definition) is 3. The lowest BCUT2D eigenvalue weighted by Gasteiger charge is -2.09. The Morgan fingerprint density at radius 3 is 2.85 bits per heavy atom. The molecule has 1 amide bonds. The van der Waals surface area contributed by atoms with E-state index in [1.165, 1.54) is 12.1 Å². The molecule has 0 atom stereocenters. The zero-order valence-electron chi connectivity index (χ0n) is 11.7. The van der Waals surface area contributed by atoms with Crippen molar-refractivity contribution in [3.63, 3.8) is 0 Å².